The van der Waals surface area contributed by atoms with Crippen molar-refractivity contribution in [1.82, 2.24) is 14.7 Å². The minimum absolute atomic E-state index is 0.0124. The molecule has 2 heterocycles. The molecule has 1 amide bonds. The van der Waals surface area contributed by atoms with Crippen LogP contribution in [0.3, 0.4) is 0 Å². The van der Waals surface area contributed by atoms with Gasteiger partial charge in [0.05, 0.1) is 0 Å². The molecule has 1 aliphatic heterocycles. The molecular formula is C13H19N3O3. The fourth-order valence-corrected chi connectivity index (χ4v) is 2.45. The molecule has 104 valence electrons. The van der Waals surface area contributed by atoms with Crippen LogP contribution in [0.2, 0.25) is 0 Å². The van der Waals surface area contributed by atoms with E-state index in [9.17, 15) is 9.59 Å². The Morgan fingerprint density at radius 2 is 1.89 bits per heavy atom. The molecule has 1 atom stereocenters. The lowest BCUT2D eigenvalue weighted by atomic mass is 9.97. The number of hydrogen-bond acceptors (Lipinski definition) is 4. The van der Waals surface area contributed by atoms with Gasteiger partial charge in [-0.3, -0.25) is 4.79 Å². The van der Waals surface area contributed by atoms with Crippen molar-refractivity contribution in [3.05, 3.63) is 16.4 Å². The standard InChI is InChI=1S/C13H19N3O3/c1-13(2,3)11-14-16(12(18)19-11)9-6-7-15(10(9)17)8-4-5-8/h8-9H,4-7H2,1-3H3. The highest BCUT2D eigenvalue weighted by Crippen LogP contribution is 2.34. The summed E-state index contributed by atoms with van der Waals surface area (Å²) in [6.07, 6.45) is 2.81. The fourth-order valence-electron chi connectivity index (χ4n) is 2.45. The van der Waals surface area contributed by atoms with Gasteiger partial charge in [0.15, 0.2) is 0 Å². The van der Waals surface area contributed by atoms with Gasteiger partial charge in [-0.25, -0.2) is 4.79 Å². The zero-order valence-corrected chi connectivity index (χ0v) is 11.5. The molecule has 6 nitrogen and oxygen atoms in total. The van der Waals surface area contributed by atoms with Crippen LogP contribution < -0.4 is 5.76 Å². The van der Waals surface area contributed by atoms with Crippen LogP contribution in [0.1, 0.15) is 52.0 Å². The summed E-state index contributed by atoms with van der Waals surface area (Å²) in [4.78, 5) is 26.0. The van der Waals surface area contributed by atoms with Gasteiger partial charge in [-0.1, -0.05) is 20.8 Å². The average molecular weight is 265 g/mol. The summed E-state index contributed by atoms with van der Waals surface area (Å²) in [6, 6.07) is -0.0878. The van der Waals surface area contributed by atoms with E-state index in [1.165, 1.54) is 4.68 Å². The Morgan fingerprint density at radius 3 is 2.42 bits per heavy atom. The maximum Gasteiger partial charge on any atom is 0.437 e. The molecule has 1 saturated carbocycles. The van der Waals surface area contributed by atoms with Crippen molar-refractivity contribution in [2.75, 3.05) is 6.54 Å². The van der Waals surface area contributed by atoms with Crippen LogP contribution in [0.4, 0.5) is 0 Å². The fraction of sp³-hybridized carbons (Fsp3) is 0.769. The smallest absolute Gasteiger partial charge is 0.392 e. The Hall–Kier alpha value is -1.59. The molecule has 1 aliphatic carbocycles. The Labute approximate surface area is 111 Å². The summed E-state index contributed by atoms with van der Waals surface area (Å²) in [6.45, 7) is 6.50. The quantitative estimate of drug-likeness (QED) is 0.802. The maximum atomic E-state index is 12.3. The summed E-state index contributed by atoms with van der Waals surface area (Å²) < 4.78 is 6.40. The molecule has 6 heteroatoms. The molecular weight excluding hydrogens is 246 g/mol. The number of rotatable bonds is 2. The van der Waals surface area contributed by atoms with E-state index >= 15 is 0 Å². The van der Waals surface area contributed by atoms with Gasteiger partial charge in [0.1, 0.15) is 6.04 Å². The van der Waals surface area contributed by atoms with Crippen molar-refractivity contribution in [3.63, 3.8) is 0 Å². The van der Waals surface area contributed by atoms with Crippen LogP contribution in [0.5, 0.6) is 0 Å². The van der Waals surface area contributed by atoms with E-state index in [-0.39, 0.29) is 11.3 Å². The zero-order chi connectivity index (χ0) is 13.8. The molecule has 0 N–H and O–H groups in total. The van der Waals surface area contributed by atoms with Crippen molar-refractivity contribution in [2.24, 2.45) is 0 Å². The zero-order valence-electron chi connectivity index (χ0n) is 11.5. The molecule has 0 radical (unpaired) electrons. The largest absolute Gasteiger partial charge is 0.437 e. The molecule has 2 fully saturated rings. The Bertz CT molecular complexity index is 562. The first-order chi connectivity index (χ1) is 8.88. The van der Waals surface area contributed by atoms with Gasteiger partial charge < -0.3 is 9.32 Å². The Balaban J connectivity index is 1.89. The van der Waals surface area contributed by atoms with E-state index < -0.39 is 11.8 Å². The minimum atomic E-state index is -0.527. The van der Waals surface area contributed by atoms with Crippen molar-refractivity contribution >= 4 is 5.91 Å². The summed E-state index contributed by atoms with van der Waals surface area (Å²) in [5.41, 5.74) is -0.331. The molecule has 1 aromatic heterocycles. The van der Waals surface area contributed by atoms with E-state index in [0.717, 1.165) is 19.4 Å². The molecule has 2 aliphatic rings. The number of nitrogens with zero attached hydrogens (tertiary/aromatic N) is 3. The first kappa shape index (κ1) is 12.4. The number of carbonyl (C=O) groups is 1. The minimum Gasteiger partial charge on any atom is -0.392 e. The highest BCUT2D eigenvalue weighted by atomic mass is 16.4. The normalized spacial score (nSPS) is 24.3. The molecule has 0 aromatic carbocycles. The predicted octanol–water partition coefficient (Wildman–Crippen LogP) is 1.07. The number of hydrogen-bond donors (Lipinski definition) is 0. The lowest BCUT2D eigenvalue weighted by Gasteiger charge is -2.15. The third-order valence-corrected chi connectivity index (χ3v) is 3.71. The van der Waals surface area contributed by atoms with Gasteiger partial charge in [0, 0.05) is 18.0 Å². The van der Waals surface area contributed by atoms with Crippen LogP contribution in [0.25, 0.3) is 0 Å². The number of likely N-dealkylation sites (tertiary alicyclic amines) is 1. The summed E-state index contributed by atoms with van der Waals surface area (Å²) >= 11 is 0. The molecule has 1 unspecified atom stereocenters. The number of amides is 1. The Kier molecular flexibility index (Phi) is 2.59. The summed E-state index contributed by atoms with van der Waals surface area (Å²) in [7, 11) is 0. The molecule has 3 rings (SSSR count). The van der Waals surface area contributed by atoms with E-state index in [2.05, 4.69) is 5.10 Å². The van der Waals surface area contributed by atoms with Gasteiger partial charge in [0.25, 0.3) is 0 Å². The molecule has 0 bridgehead atoms. The van der Waals surface area contributed by atoms with E-state index in [4.69, 9.17) is 4.42 Å². The third kappa shape index (κ3) is 2.09. The molecule has 1 saturated heterocycles. The summed E-state index contributed by atoms with van der Waals surface area (Å²) in [5, 5.41) is 4.22. The second-order valence-electron chi connectivity index (χ2n) is 6.43. The van der Waals surface area contributed by atoms with Gasteiger partial charge in [-0.05, 0) is 19.3 Å². The monoisotopic (exact) mass is 265 g/mol. The van der Waals surface area contributed by atoms with Gasteiger partial charge in [-0.2, -0.15) is 4.68 Å². The topological polar surface area (TPSA) is 68.3 Å². The highest BCUT2D eigenvalue weighted by Gasteiger charge is 2.42. The summed E-state index contributed by atoms with van der Waals surface area (Å²) in [5.74, 6) is -0.130. The lowest BCUT2D eigenvalue weighted by Crippen LogP contribution is -2.33. The van der Waals surface area contributed by atoms with Gasteiger partial charge >= 0.3 is 5.76 Å². The van der Waals surface area contributed by atoms with Crippen LogP contribution >= 0.6 is 0 Å². The molecule has 19 heavy (non-hydrogen) atoms. The molecule has 0 spiro atoms. The van der Waals surface area contributed by atoms with Crippen molar-refractivity contribution in [2.45, 2.75) is 57.5 Å². The van der Waals surface area contributed by atoms with Crippen molar-refractivity contribution in [3.8, 4) is 0 Å². The Morgan fingerprint density at radius 1 is 1.21 bits per heavy atom. The molecule has 1 aromatic rings. The third-order valence-electron chi connectivity index (χ3n) is 3.71. The van der Waals surface area contributed by atoms with Gasteiger partial charge in [-0.15, -0.1) is 5.10 Å². The van der Waals surface area contributed by atoms with E-state index in [0.29, 0.717) is 18.4 Å². The number of carbonyl (C=O) groups excluding carboxylic acids is 1. The maximum absolute atomic E-state index is 12.3. The predicted molar refractivity (Wildman–Crippen MR) is 67.9 cm³/mol. The highest BCUT2D eigenvalue weighted by molar-refractivity contribution is 5.83. The average Bonchev–Trinajstić information content (AvgIpc) is 2.97. The SMILES string of the molecule is CC(C)(C)c1nn(C2CCN(C3CC3)C2=O)c(=O)o1. The van der Waals surface area contributed by atoms with Crippen LogP contribution in [-0.4, -0.2) is 33.2 Å². The van der Waals surface area contributed by atoms with Gasteiger partial charge in [0.2, 0.25) is 11.8 Å². The second kappa shape index (κ2) is 3.95. The lowest BCUT2D eigenvalue weighted by molar-refractivity contribution is -0.131. The van der Waals surface area contributed by atoms with E-state index in [1.807, 2.05) is 25.7 Å². The van der Waals surface area contributed by atoms with Crippen LogP contribution in [-0.2, 0) is 10.2 Å². The van der Waals surface area contributed by atoms with Crippen molar-refractivity contribution in [1.29, 1.82) is 0 Å². The first-order valence-corrected chi connectivity index (χ1v) is 6.78. The second-order valence-corrected chi connectivity index (χ2v) is 6.43. The van der Waals surface area contributed by atoms with Crippen LogP contribution in [0.15, 0.2) is 9.21 Å². The first-order valence-electron chi connectivity index (χ1n) is 6.78. The van der Waals surface area contributed by atoms with E-state index in [1.54, 1.807) is 0 Å². The van der Waals surface area contributed by atoms with Crippen LogP contribution in [0, 0.1) is 0 Å². The number of aromatic nitrogens is 2. The van der Waals surface area contributed by atoms with Crippen molar-refractivity contribution < 1.29 is 9.21 Å².